The minimum Gasteiger partial charge on any atom is -0.387 e. The molecule has 1 unspecified atom stereocenters. The van der Waals surface area contributed by atoms with E-state index in [2.05, 4.69) is 53.3 Å². The van der Waals surface area contributed by atoms with Gasteiger partial charge in [0, 0.05) is 25.9 Å². The second kappa shape index (κ2) is 9.74. The highest BCUT2D eigenvalue weighted by molar-refractivity contribution is 14.0. The van der Waals surface area contributed by atoms with Crippen LogP contribution in [0.4, 0.5) is 0 Å². The second-order valence-electron chi connectivity index (χ2n) is 6.04. The van der Waals surface area contributed by atoms with Crippen LogP contribution in [0.2, 0.25) is 0 Å². The van der Waals surface area contributed by atoms with E-state index in [9.17, 15) is 5.11 Å². The van der Waals surface area contributed by atoms with Crippen LogP contribution >= 0.6 is 35.7 Å². The molecule has 4 nitrogen and oxygen atoms in total. The lowest BCUT2D eigenvalue weighted by Gasteiger charge is -2.24. The Morgan fingerprint density at radius 3 is 2.65 bits per heavy atom. The van der Waals surface area contributed by atoms with Gasteiger partial charge in [-0.05, 0) is 31.6 Å². The molecular weight excluding hydrogens is 421 g/mol. The standard InChI is InChI=1S/C17H27N3OS.HI/c1-4-18-16(19-12-17(21)9-10-22-13-17)20(3)11-15-7-5-14(2)6-8-15;/h5-8,21H,4,9-13H2,1-3H3,(H,18,19);1H. The average molecular weight is 449 g/mol. The normalized spacial score (nSPS) is 21.0. The first-order valence-electron chi connectivity index (χ1n) is 7.87. The van der Waals surface area contributed by atoms with Crippen LogP contribution in [0.1, 0.15) is 24.5 Å². The van der Waals surface area contributed by atoms with Gasteiger partial charge in [-0.2, -0.15) is 11.8 Å². The van der Waals surface area contributed by atoms with Crippen molar-refractivity contribution in [2.24, 2.45) is 4.99 Å². The predicted octanol–water partition coefficient (Wildman–Crippen LogP) is 2.88. The number of rotatable bonds is 5. The van der Waals surface area contributed by atoms with Crippen LogP contribution < -0.4 is 5.32 Å². The van der Waals surface area contributed by atoms with Crippen LogP contribution in [0.25, 0.3) is 0 Å². The van der Waals surface area contributed by atoms with Crippen molar-refractivity contribution < 1.29 is 5.11 Å². The summed E-state index contributed by atoms with van der Waals surface area (Å²) in [4.78, 5) is 6.76. The van der Waals surface area contributed by atoms with Crippen molar-refractivity contribution in [1.29, 1.82) is 0 Å². The van der Waals surface area contributed by atoms with E-state index in [1.807, 2.05) is 7.05 Å². The summed E-state index contributed by atoms with van der Waals surface area (Å²) in [7, 11) is 2.04. The molecule has 23 heavy (non-hydrogen) atoms. The van der Waals surface area contributed by atoms with Gasteiger partial charge < -0.3 is 15.3 Å². The van der Waals surface area contributed by atoms with Gasteiger partial charge in [0.1, 0.15) is 0 Å². The van der Waals surface area contributed by atoms with Crippen LogP contribution in [0.15, 0.2) is 29.3 Å². The van der Waals surface area contributed by atoms with Crippen LogP contribution in [0.3, 0.4) is 0 Å². The largest absolute Gasteiger partial charge is 0.387 e. The lowest BCUT2D eigenvalue weighted by atomic mass is 10.0. The molecule has 2 N–H and O–H groups in total. The van der Waals surface area contributed by atoms with E-state index in [-0.39, 0.29) is 24.0 Å². The highest BCUT2D eigenvalue weighted by atomic mass is 127. The van der Waals surface area contributed by atoms with Crippen molar-refractivity contribution in [3.63, 3.8) is 0 Å². The minimum atomic E-state index is -0.629. The van der Waals surface area contributed by atoms with Gasteiger partial charge in [-0.3, -0.25) is 4.99 Å². The van der Waals surface area contributed by atoms with Gasteiger partial charge in [-0.15, -0.1) is 24.0 Å². The maximum Gasteiger partial charge on any atom is 0.194 e. The molecule has 1 atom stereocenters. The molecule has 0 saturated carbocycles. The molecule has 1 aliphatic heterocycles. The van der Waals surface area contributed by atoms with Gasteiger partial charge in [0.25, 0.3) is 0 Å². The summed E-state index contributed by atoms with van der Waals surface area (Å²) in [6.07, 6.45) is 0.836. The Morgan fingerprint density at radius 1 is 1.39 bits per heavy atom. The van der Waals surface area contributed by atoms with E-state index in [1.165, 1.54) is 11.1 Å². The minimum absolute atomic E-state index is 0. The fourth-order valence-electron chi connectivity index (χ4n) is 2.46. The molecule has 0 amide bonds. The Labute approximate surface area is 161 Å². The number of nitrogens with zero attached hydrogens (tertiary/aromatic N) is 2. The summed E-state index contributed by atoms with van der Waals surface area (Å²) in [5.74, 6) is 2.67. The molecule has 130 valence electrons. The van der Waals surface area contributed by atoms with Crippen molar-refractivity contribution in [2.75, 3.05) is 31.6 Å². The second-order valence-corrected chi connectivity index (χ2v) is 7.14. The maximum absolute atomic E-state index is 10.4. The number of aliphatic imine (C=N–C) groups is 1. The monoisotopic (exact) mass is 449 g/mol. The van der Waals surface area contributed by atoms with E-state index in [1.54, 1.807) is 11.8 Å². The van der Waals surface area contributed by atoms with Gasteiger partial charge in [0.15, 0.2) is 5.96 Å². The summed E-state index contributed by atoms with van der Waals surface area (Å²) in [5.41, 5.74) is 1.90. The highest BCUT2D eigenvalue weighted by Gasteiger charge is 2.31. The number of benzene rings is 1. The summed E-state index contributed by atoms with van der Waals surface area (Å²) in [6, 6.07) is 8.56. The first-order chi connectivity index (χ1) is 10.5. The molecule has 1 fully saturated rings. The Morgan fingerprint density at radius 2 is 2.09 bits per heavy atom. The number of halogens is 1. The summed E-state index contributed by atoms with van der Waals surface area (Å²) < 4.78 is 0. The van der Waals surface area contributed by atoms with Gasteiger partial charge in [-0.25, -0.2) is 0 Å². The fraction of sp³-hybridized carbons (Fsp3) is 0.588. The van der Waals surface area contributed by atoms with Gasteiger partial charge in [0.05, 0.1) is 12.1 Å². The molecule has 1 heterocycles. The molecule has 1 aliphatic rings. The molecule has 0 radical (unpaired) electrons. The number of aliphatic hydroxyl groups is 1. The first-order valence-corrected chi connectivity index (χ1v) is 9.03. The van der Waals surface area contributed by atoms with Crippen molar-refractivity contribution in [2.45, 2.75) is 32.4 Å². The summed E-state index contributed by atoms with van der Waals surface area (Å²) in [5, 5.41) is 13.7. The number of thioether (sulfide) groups is 1. The highest BCUT2D eigenvalue weighted by Crippen LogP contribution is 2.27. The molecular formula is C17H28IN3OS. The molecule has 6 heteroatoms. The topological polar surface area (TPSA) is 47.9 Å². The number of hydrogen-bond donors (Lipinski definition) is 2. The molecule has 1 saturated heterocycles. The zero-order chi connectivity index (χ0) is 16.0. The van der Waals surface area contributed by atoms with E-state index in [0.717, 1.165) is 37.0 Å². The number of nitrogens with one attached hydrogen (secondary N) is 1. The fourth-order valence-corrected chi connectivity index (χ4v) is 3.74. The van der Waals surface area contributed by atoms with Crippen molar-refractivity contribution in [1.82, 2.24) is 10.2 Å². The van der Waals surface area contributed by atoms with Gasteiger partial charge >= 0.3 is 0 Å². The quantitative estimate of drug-likeness (QED) is 0.413. The zero-order valence-corrected chi connectivity index (χ0v) is 17.4. The molecule has 0 aromatic heterocycles. The third-order valence-corrected chi connectivity index (χ3v) is 5.08. The van der Waals surface area contributed by atoms with Crippen molar-refractivity contribution in [3.05, 3.63) is 35.4 Å². The molecule has 1 aromatic rings. The van der Waals surface area contributed by atoms with Crippen LogP contribution in [-0.4, -0.2) is 53.2 Å². The lowest BCUT2D eigenvalue weighted by Crippen LogP contribution is -2.41. The number of guanidine groups is 1. The number of hydrogen-bond acceptors (Lipinski definition) is 3. The zero-order valence-electron chi connectivity index (χ0n) is 14.2. The molecule has 0 aliphatic carbocycles. The molecule has 0 spiro atoms. The Bertz CT molecular complexity index is 501. The molecule has 2 rings (SSSR count). The summed E-state index contributed by atoms with van der Waals surface area (Å²) in [6.45, 7) is 6.26. The van der Waals surface area contributed by atoms with E-state index in [4.69, 9.17) is 0 Å². The van der Waals surface area contributed by atoms with Crippen LogP contribution in [0.5, 0.6) is 0 Å². The molecule has 0 bridgehead atoms. The van der Waals surface area contributed by atoms with Gasteiger partial charge in [0.2, 0.25) is 0 Å². The Kier molecular flexibility index (Phi) is 8.71. The van der Waals surface area contributed by atoms with E-state index >= 15 is 0 Å². The van der Waals surface area contributed by atoms with Crippen LogP contribution in [0, 0.1) is 6.92 Å². The van der Waals surface area contributed by atoms with Crippen LogP contribution in [-0.2, 0) is 6.54 Å². The van der Waals surface area contributed by atoms with Gasteiger partial charge in [-0.1, -0.05) is 29.8 Å². The average Bonchev–Trinajstić information content (AvgIpc) is 2.93. The third-order valence-electron chi connectivity index (χ3n) is 3.84. The summed E-state index contributed by atoms with van der Waals surface area (Å²) >= 11 is 1.81. The smallest absolute Gasteiger partial charge is 0.194 e. The Hall–Kier alpha value is -0.470. The number of aryl methyl sites for hydroxylation is 1. The van der Waals surface area contributed by atoms with E-state index in [0.29, 0.717) is 6.54 Å². The van der Waals surface area contributed by atoms with E-state index < -0.39 is 5.60 Å². The van der Waals surface area contributed by atoms with Crippen molar-refractivity contribution in [3.8, 4) is 0 Å². The SMILES string of the molecule is CCNC(=NCC1(O)CCSC1)N(C)Cc1ccc(C)cc1.I. The Balaban J connectivity index is 0.00000264. The first kappa shape index (κ1) is 20.6. The molecule has 1 aromatic carbocycles. The maximum atomic E-state index is 10.4. The predicted molar refractivity (Wildman–Crippen MR) is 111 cm³/mol. The lowest BCUT2D eigenvalue weighted by molar-refractivity contribution is 0.0776. The third kappa shape index (κ3) is 6.51. The van der Waals surface area contributed by atoms with Crippen molar-refractivity contribution >= 4 is 41.7 Å².